The van der Waals surface area contributed by atoms with Gasteiger partial charge in [-0.15, -0.1) is 0 Å². The second-order valence-corrected chi connectivity index (χ2v) is 12.4. The van der Waals surface area contributed by atoms with Gasteiger partial charge in [0.15, 0.2) is 14.1 Å². The zero-order valence-electron chi connectivity index (χ0n) is 12.9. The second kappa shape index (κ2) is 6.66. The Morgan fingerprint density at radius 2 is 1.78 bits per heavy atom. The number of ketones is 1. The van der Waals surface area contributed by atoms with Gasteiger partial charge in [0.2, 0.25) is 0 Å². The Labute approximate surface area is 127 Å². The van der Waals surface area contributed by atoms with Crippen molar-refractivity contribution >= 4 is 36.7 Å². The highest BCUT2D eigenvalue weighted by Crippen LogP contribution is 2.39. The van der Waals surface area contributed by atoms with Gasteiger partial charge in [-0.05, 0) is 58.2 Å². The molecule has 4 heteroatoms. The van der Waals surface area contributed by atoms with Crippen LogP contribution in [0.5, 0.6) is 0 Å². The summed E-state index contributed by atoms with van der Waals surface area (Å²) in [6.45, 7) is 16.7. The van der Waals surface area contributed by atoms with Crippen LogP contribution in [-0.2, 0) is 9.22 Å². The molecule has 0 aliphatic heterocycles. The zero-order valence-corrected chi connectivity index (χ0v) is 16.1. The molecule has 0 saturated heterocycles. The molecule has 2 nitrogen and oxygen atoms in total. The average molecular weight is 382 g/mol. The maximum Gasteiger partial charge on any atom is 0.193 e. The van der Waals surface area contributed by atoms with E-state index < -0.39 is 8.32 Å². The van der Waals surface area contributed by atoms with Crippen molar-refractivity contribution in [1.29, 1.82) is 0 Å². The number of rotatable bonds is 5. The predicted octanol–water partition coefficient (Wildman–Crippen LogP) is 4.94. The molecule has 0 radical (unpaired) electrons. The van der Waals surface area contributed by atoms with Gasteiger partial charge in [0.05, 0.1) is 0 Å². The van der Waals surface area contributed by atoms with Crippen molar-refractivity contribution in [1.82, 2.24) is 0 Å². The third-order valence-corrected chi connectivity index (χ3v) is 9.85. The van der Waals surface area contributed by atoms with Crippen LogP contribution in [0.3, 0.4) is 0 Å². The normalized spacial score (nSPS) is 17.5. The van der Waals surface area contributed by atoms with Gasteiger partial charge < -0.3 is 4.43 Å². The Kier molecular flexibility index (Phi) is 6.77. The van der Waals surface area contributed by atoms with Gasteiger partial charge in [-0.25, -0.2) is 0 Å². The average Bonchev–Trinajstić information content (AvgIpc) is 2.21. The maximum absolute atomic E-state index is 11.9. The number of hydrogen-bond donors (Lipinski definition) is 0. The summed E-state index contributed by atoms with van der Waals surface area (Å²) in [5.41, 5.74) is 0. The molecular formula is C14H27IO2Si. The van der Waals surface area contributed by atoms with Crippen LogP contribution < -0.4 is 0 Å². The predicted molar refractivity (Wildman–Crippen MR) is 89.7 cm³/mol. The van der Waals surface area contributed by atoms with Crippen molar-refractivity contribution in [3.05, 3.63) is 9.66 Å². The molecule has 2 atom stereocenters. The lowest BCUT2D eigenvalue weighted by Crippen LogP contribution is -2.47. The lowest BCUT2D eigenvalue weighted by atomic mass is 10.0. The van der Waals surface area contributed by atoms with E-state index in [1.54, 1.807) is 6.92 Å². The van der Waals surface area contributed by atoms with E-state index in [2.05, 4.69) is 69.5 Å². The fraction of sp³-hybridized carbons (Fsp3) is 0.786. The standard InChI is InChI=1S/C14H27IO2Si/c1-9-12(15)10(2)13(11(3)16)17-18(7,8)14(4,5)6/h9-10,13H,1-8H3/b12-9-/t10-,13-/m0/s1. The third-order valence-electron chi connectivity index (χ3n) is 3.79. The van der Waals surface area contributed by atoms with Crippen LogP contribution in [0.15, 0.2) is 9.66 Å². The highest BCUT2D eigenvalue weighted by atomic mass is 127. The summed E-state index contributed by atoms with van der Waals surface area (Å²) in [4.78, 5) is 11.9. The van der Waals surface area contributed by atoms with Crippen molar-refractivity contribution in [3.63, 3.8) is 0 Å². The molecule has 0 amide bonds. The third kappa shape index (κ3) is 4.77. The van der Waals surface area contributed by atoms with E-state index in [1.165, 1.54) is 3.58 Å². The highest BCUT2D eigenvalue weighted by Gasteiger charge is 2.41. The minimum absolute atomic E-state index is 0.127. The molecule has 0 heterocycles. The lowest BCUT2D eigenvalue weighted by Gasteiger charge is -2.40. The van der Waals surface area contributed by atoms with Gasteiger partial charge in [0.1, 0.15) is 6.10 Å². The Morgan fingerprint density at radius 1 is 1.33 bits per heavy atom. The Bertz CT molecular complexity index is 329. The number of halogens is 1. The largest absolute Gasteiger partial charge is 0.406 e. The molecule has 0 aromatic rings. The minimum Gasteiger partial charge on any atom is -0.406 e. The fourth-order valence-electron chi connectivity index (χ4n) is 1.44. The van der Waals surface area contributed by atoms with Gasteiger partial charge in [0, 0.05) is 5.92 Å². The molecule has 0 rings (SSSR count). The topological polar surface area (TPSA) is 26.3 Å². The molecule has 0 aliphatic rings. The molecule has 0 aliphatic carbocycles. The summed E-state index contributed by atoms with van der Waals surface area (Å²) < 4.78 is 7.48. The van der Waals surface area contributed by atoms with Crippen LogP contribution in [0.2, 0.25) is 18.1 Å². The first-order valence-electron chi connectivity index (χ1n) is 6.44. The van der Waals surface area contributed by atoms with Gasteiger partial charge >= 0.3 is 0 Å². The van der Waals surface area contributed by atoms with Crippen molar-refractivity contribution in [2.45, 2.75) is 65.8 Å². The SMILES string of the molecule is C/C=C(\I)[C@H](C)[C@H](O[Si](C)(C)C(C)(C)C)C(C)=O. The van der Waals surface area contributed by atoms with E-state index >= 15 is 0 Å². The number of carbonyl (C=O) groups is 1. The molecule has 106 valence electrons. The van der Waals surface area contributed by atoms with E-state index in [9.17, 15) is 4.79 Å². The lowest BCUT2D eigenvalue weighted by molar-refractivity contribution is -0.125. The molecule has 0 bridgehead atoms. The molecule has 0 saturated carbocycles. The van der Waals surface area contributed by atoms with Crippen molar-refractivity contribution in [2.75, 3.05) is 0 Å². The summed E-state index contributed by atoms with van der Waals surface area (Å²) in [7, 11) is -1.90. The molecule has 0 N–H and O–H groups in total. The molecule has 0 aromatic heterocycles. The Hall–Kier alpha value is 0.317. The number of carbonyl (C=O) groups excluding carboxylic acids is 1. The monoisotopic (exact) mass is 382 g/mol. The van der Waals surface area contributed by atoms with Crippen LogP contribution in [0.1, 0.15) is 41.5 Å². The second-order valence-electron chi connectivity index (χ2n) is 6.37. The summed E-state index contributed by atoms with van der Waals surface area (Å²) in [5, 5.41) is 0.127. The number of hydrogen-bond acceptors (Lipinski definition) is 2. The number of allylic oxidation sites excluding steroid dienone is 1. The quantitative estimate of drug-likeness (QED) is 0.497. The van der Waals surface area contributed by atoms with E-state index in [-0.39, 0.29) is 22.8 Å². The van der Waals surface area contributed by atoms with Crippen molar-refractivity contribution in [3.8, 4) is 0 Å². The van der Waals surface area contributed by atoms with E-state index in [4.69, 9.17) is 4.43 Å². The smallest absolute Gasteiger partial charge is 0.193 e. The molecule has 0 aromatic carbocycles. The molecule has 18 heavy (non-hydrogen) atoms. The first kappa shape index (κ1) is 18.3. The molecule has 0 fully saturated rings. The molecule has 0 spiro atoms. The summed E-state index contributed by atoms with van der Waals surface area (Å²) in [6.07, 6.45) is 1.74. The fourth-order valence-corrected chi connectivity index (χ4v) is 3.12. The minimum atomic E-state index is -1.90. The van der Waals surface area contributed by atoms with Crippen LogP contribution in [0, 0.1) is 5.92 Å². The zero-order chi connectivity index (χ0) is 14.7. The first-order valence-corrected chi connectivity index (χ1v) is 10.4. The molecule has 0 unspecified atom stereocenters. The van der Waals surface area contributed by atoms with Gasteiger partial charge in [-0.1, -0.05) is 33.8 Å². The number of Topliss-reactive ketones (excluding diaryl/α,β-unsaturated/α-hetero) is 1. The van der Waals surface area contributed by atoms with Crippen LogP contribution in [0.4, 0.5) is 0 Å². The van der Waals surface area contributed by atoms with Crippen molar-refractivity contribution in [2.24, 2.45) is 5.92 Å². The van der Waals surface area contributed by atoms with Crippen molar-refractivity contribution < 1.29 is 9.22 Å². The van der Waals surface area contributed by atoms with Crippen LogP contribution in [-0.4, -0.2) is 20.2 Å². The van der Waals surface area contributed by atoms with Gasteiger partial charge in [0.25, 0.3) is 0 Å². The van der Waals surface area contributed by atoms with Crippen LogP contribution in [0.25, 0.3) is 0 Å². The Morgan fingerprint density at radius 3 is 2.06 bits per heavy atom. The Balaban J connectivity index is 5.14. The van der Waals surface area contributed by atoms with Gasteiger partial charge in [-0.3, -0.25) is 4.79 Å². The highest BCUT2D eigenvalue weighted by molar-refractivity contribution is 14.1. The van der Waals surface area contributed by atoms with E-state index in [0.717, 1.165) is 0 Å². The van der Waals surface area contributed by atoms with Gasteiger partial charge in [-0.2, -0.15) is 0 Å². The maximum atomic E-state index is 11.9. The first-order chi connectivity index (χ1) is 7.94. The summed E-state index contributed by atoms with van der Waals surface area (Å²) in [5.74, 6) is 0.269. The van der Waals surface area contributed by atoms with E-state index in [1.807, 2.05) is 6.92 Å². The van der Waals surface area contributed by atoms with Crippen LogP contribution >= 0.6 is 22.6 Å². The molecular weight excluding hydrogens is 355 g/mol. The summed E-state index contributed by atoms with van der Waals surface area (Å²) in [6, 6.07) is 0. The summed E-state index contributed by atoms with van der Waals surface area (Å²) >= 11 is 2.30. The van der Waals surface area contributed by atoms with E-state index in [0.29, 0.717) is 0 Å².